The van der Waals surface area contributed by atoms with Gasteiger partial charge in [-0.25, -0.2) is 4.79 Å². The fourth-order valence-electron chi connectivity index (χ4n) is 2.71. The van der Waals surface area contributed by atoms with Gasteiger partial charge in [0.2, 0.25) is 0 Å². The molecular formula is C16H24ClN3O2. The molecule has 0 bridgehead atoms. The molecule has 6 heteroatoms. The minimum absolute atomic E-state index is 0.0296. The highest BCUT2D eigenvalue weighted by Gasteiger charge is 2.26. The van der Waals surface area contributed by atoms with Gasteiger partial charge in [0, 0.05) is 43.9 Å². The Morgan fingerprint density at radius 2 is 2.27 bits per heavy atom. The number of benzene rings is 1. The topological polar surface area (TPSA) is 55.8 Å². The van der Waals surface area contributed by atoms with E-state index >= 15 is 0 Å². The van der Waals surface area contributed by atoms with E-state index in [-0.39, 0.29) is 18.7 Å². The summed E-state index contributed by atoms with van der Waals surface area (Å²) in [6.07, 6.45) is 1.46. The van der Waals surface area contributed by atoms with E-state index in [9.17, 15) is 4.79 Å². The van der Waals surface area contributed by atoms with Crippen LogP contribution in [0.15, 0.2) is 24.3 Å². The zero-order valence-corrected chi connectivity index (χ0v) is 13.7. The molecule has 1 atom stereocenters. The highest BCUT2D eigenvalue weighted by atomic mass is 35.5. The lowest BCUT2D eigenvalue weighted by molar-refractivity contribution is 0.0928. The van der Waals surface area contributed by atoms with Gasteiger partial charge < -0.3 is 15.3 Å². The third kappa shape index (κ3) is 4.87. The zero-order chi connectivity index (χ0) is 15.9. The average Bonchev–Trinajstić information content (AvgIpc) is 2.49. The molecule has 22 heavy (non-hydrogen) atoms. The molecule has 0 saturated carbocycles. The van der Waals surface area contributed by atoms with Crippen LogP contribution in [-0.2, 0) is 6.42 Å². The van der Waals surface area contributed by atoms with Crippen molar-refractivity contribution >= 4 is 17.6 Å². The maximum absolute atomic E-state index is 12.2. The molecule has 1 fully saturated rings. The van der Waals surface area contributed by atoms with Crippen LogP contribution in [0.3, 0.4) is 0 Å². The molecule has 1 heterocycles. The van der Waals surface area contributed by atoms with Gasteiger partial charge in [0.1, 0.15) is 0 Å². The Hall–Kier alpha value is -1.30. The Bertz CT molecular complexity index is 498. The largest absolute Gasteiger partial charge is 0.396 e. The normalized spacial score (nSPS) is 19.2. The van der Waals surface area contributed by atoms with Gasteiger partial charge in [-0.3, -0.25) is 4.90 Å². The first-order chi connectivity index (χ1) is 10.6. The van der Waals surface area contributed by atoms with Crippen LogP contribution in [0.1, 0.15) is 12.0 Å². The smallest absolute Gasteiger partial charge is 0.317 e. The SMILES string of the molecule is CN1CCN(C(=O)NCCc2cccc(Cl)c2)CC1CCO. The van der Waals surface area contributed by atoms with Crippen molar-refractivity contribution in [1.82, 2.24) is 15.1 Å². The van der Waals surface area contributed by atoms with Crippen LogP contribution < -0.4 is 5.32 Å². The molecule has 0 spiro atoms. The van der Waals surface area contributed by atoms with Crippen LogP contribution in [-0.4, -0.2) is 66.8 Å². The van der Waals surface area contributed by atoms with Crippen molar-refractivity contribution < 1.29 is 9.90 Å². The molecule has 1 aromatic carbocycles. The lowest BCUT2D eigenvalue weighted by Crippen LogP contribution is -2.55. The molecule has 1 saturated heterocycles. The molecule has 0 aliphatic carbocycles. The number of rotatable bonds is 5. The van der Waals surface area contributed by atoms with Gasteiger partial charge in [0.25, 0.3) is 0 Å². The van der Waals surface area contributed by atoms with Gasteiger partial charge in [-0.15, -0.1) is 0 Å². The molecule has 2 N–H and O–H groups in total. The maximum Gasteiger partial charge on any atom is 0.317 e. The molecule has 1 aliphatic heterocycles. The number of hydrogen-bond acceptors (Lipinski definition) is 3. The first-order valence-corrected chi connectivity index (χ1v) is 8.06. The van der Waals surface area contributed by atoms with E-state index < -0.39 is 0 Å². The summed E-state index contributed by atoms with van der Waals surface area (Å²) >= 11 is 5.95. The average molecular weight is 326 g/mol. The third-order valence-corrected chi connectivity index (χ3v) is 4.34. The standard InChI is InChI=1S/C16H24ClN3O2/c1-19-8-9-20(12-15(19)6-10-21)16(22)18-7-5-13-3-2-4-14(17)11-13/h2-4,11,15,21H,5-10,12H2,1H3,(H,18,22). The second-order valence-corrected chi connectivity index (χ2v) is 6.14. The van der Waals surface area contributed by atoms with E-state index in [0.29, 0.717) is 19.5 Å². The van der Waals surface area contributed by atoms with Gasteiger partial charge in [-0.2, -0.15) is 0 Å². The van der Waals surface area contributed by atoms with Crippen LogP contribution in [0.25, 0.3) is 0 Å². The summed E-state index contributed by atoms with van der Waals surface area (Å²) in [4.78, 5) is 16.3. The van der Waals surface area contributed by atoms with E-state index in [4.69, 9.17) is 16.7 Å². The van der Waals surface area contributed by atoms with E-state index in [1.807, 2.05) is 36.2 Å². The van der Waals surface area contributed by atoms with Crippen molar-refractivity contribution in [2.45, 2.75) is 18.9 Å². The number of amides is 2. The number of carbonyl (C=O) groups excluding carboxylic acids is 1. The predicted molar refractivity (Wildman–Crippen MR) is 88.2 cm³/mol. The summed E-state index contributed by atoms with van der Waals surface area (Å²) in [7, 11) is 2.04. The molecule has 1 aliphatic rings. The number of nitrogens with zero attached hydrogens (tertiary/aromatic N) is 2. The molecule has 2 amide bonds. The second kappa shape index (κ2) is 8.36. The Labute approximate surface area is 136 Å². The minimum Gasteiger partial charge on any atom is -0.396 e. The van der Waals surface area contributed by atoms with Crippen LogP contribution >= 0.6 is 11.6 Å². The lowest BCUT2D eigenvalue weighted by atomic mass is 10.1. The van der Waals surface area contributed by atoms with Gasteiger partial charge in [0.05, 0.1) is 0 Å². The number of halogens is 1. The molecule has 5 nitrogen and oxygen atoms in total. The quantitative estimate of drug-likeness (QED) is 0.864. The van der Waals surface area contributed by atoms with Crippen LogP contribution in [0.4, 0.5) is 4.79 Å². The van der Waals surface area contributed by atoms with Gasteiger partial charge in [-0.05, 0) is 37.6 Å². The van der Waals surface area contributed by atoms with E-state index in [1.54, 1.807) is 0 Å². The summed E-state index contributed by atoms with van der Waals surface area (Å²) in [6.45, 7) is 2.98. The van der Waals surface area contributed by atoms with Crippen molar-refractivity contribution in [3.05, 3.63) is 34.9 Å². The fourth-order valence-corrected chi connectivity index (χ4v) is 2.92. The van der Waals surface area contributed by atoms with E-state index in [0.717, 1.165) is 30.1 Å². The zero-order valence-electron chi connectivity index (χ0n) is 13.0. The fraction of sp³-hybridized carbons (Fsp3) is 0.562. The predicted octanol–water partition coefficient (Wildman–Crippen LogP) is 1.59. The number of aliphatic hydroxyl groups is 1. The van der Waals surface area contributed by atoms with Crippen molar-refractivity contribution in [3.8, 4) is 0 Å². The maximum atomic E-state index is 12.2. The number of piperazine rings is 1. The third-order valence-electron chi connectivity index (χ3n) is 4.11. The molecule has 0 aromatic heterocycles. The first-order valence-electron chi connectivity index (χ1n) is 7.68. The van der Waals surface area contributed by atoms with Crippen LogP contribution in [0, 0.1) is 0 Å². The van der Waals surface area contributed by atoms with Crippen molar-refractivity contribution in [1.29, 1.82) is 0 Å². The number of hydrogen-bond donors (Lipinski definition) is 2. The van der Waals surface area contributed by atoms with E-state index in [1.165, 1.54) is 0 Å². The van der Waals surface area contributed by atoms with Crippen LogP contribution in [0.2, 0.25) is 5.02 Å². The van der Waals surface area contributed by atoms with Crippen molar-refractivity contribution in [2.75, 3.05) is 39.8 Å². The molecule has 122 valence electrons. The number of urea groups is 1. The number of carbonyl (C=O) groups is 1. The number of aliphatic hydroxyl groups excluding tert-OH is 1. The highest BCUT2D eigenvalue weighted by Crippen LogP contribution is 2.12. The summed E-state index contributed by atoms with van der Waals surface area (Å²) in [5.74, 6) is 0. The molecule has 0 radical (unpaired) electrons. The van der Waals surface area contributed by atoms with Gasteiger partial charge in [-0.1, -0.05) is 23.7 Å². The second-order valence-electron chi connectivity index (χ2n) is 5.70. The van der Waals surface area contributed by atoms with Crippen molar-refractivity contribution in [3.63, 3.8) is 0 Å². The number of nitrogens with one attached hydrogen (secondary N) is 1. The monoisotopic (exact) mass is 325 g/mol. The minimum atomic E-state index is -0.0296. The summed E-state index contributed by atoms with van der Waals surface area (Å²) in [5, 5.41) is 12.8. The Kier molecular flexibility index (Phi) is 6.49. The first kappa shape index (κ1) is 17.1. The van der Waals surface area contributed by atoms with Crippen LogP contribution in [0.5, 0.6) is 0 Å². The van der Waals surface area contributed by atoms with Gasteiger partial charge in [0.15, 0.2) is 0 Å². The Morgan fingerprint density at radius 1 is 1.45 bits per heavy atom. The summed E-state index contributed by atoms with van der Waals surface area (Å²) in [5.41, 5.74) is 1.12. The molecule has 1 unspecified atom stereocenters. The van der Waals surface area contributed by atoms with Gasteiger partial charge >= 0.3 is 6.03 Å². The Balaban J connectivity index is 1.77. The highest BCUT2D eigenvalue weighted by molar-refractivity contribution is 6.30. The Morgan fingerprint density at radius 3 is 3.00 bits per heavy atom. The molecule has 2 rings (SSSR count). The summed E-state index contributed by atoms with van der Waals surface area (Å²) in [6, 6.07) is 7.89. The van der Waals surface area contributed by atoms with Crippen molar-refractivity contribution in [2.24, 2.45) is 0 Å². The number of likely N-dealkylation sites (N-methyl/N-ethyl adjacent to an activating group) is 1. The molecular weight excluding hydrogens is 302 g/mol. The summed E-state index contributed by atoms with van der Waals surface area (Å²) < 4.78 is 0. The lowest BCUT2D eigenvalue weighted by Gasteiger charge is -2.39. The molecule has 1 aromatic rings. The van der Waals surface area contributed by atoms with E-state index in [2.05, 4.69) is 10.2 Å².